The van der Waals surface area contributed by atoms with E-state index in [0.29, 0.717) is 16.8 Å². The van der Waals surface area contributed by atoms with Crippen molar-refractivity contribution in [2.75, 3.05) is 12.4 Å². The van der Waals surface area contributed by atoms with Crippen LogP contribution in [0, 0.1) is 6.92 Å². The summed E-state index contributed by atoms with van der Waals surface area (Å²) in [4.78, 5) is 23.5. The van der Waals surface area contributed by atoms with E-state index < -0.39 is 12.1 Å². The minimum Gasteiger partial charge on any atom is -0.497 e. The van der Waals surface area contributed by atoms with Crippen molar-refractivity contribution >= 4 is 17.6 Å². The molecule has 1 fully saturated rings. The molecule has 27 heavy (non-hydrogen) atoms. The van der Waals surface area contributed by atoms with Gasteiger partial charge in [0.2, 0.25) is 5.91 Å². The molecule has 0 saturated heterocycles. The van der Waals surface area contributed by atoms with Gasteiger partial charge >= 0.3 is 5.97 Å². The summed E-state index contributed by atoms with van der Waals surface area (Å²) >= 11 is 0. The molecule has 1 aliphatic rings. The van der Waals surface area contributed by atoms with E-state index >= 15 is 0 Å². The van der Waals surface area contributed by atoms with Crippen LogP contribution in [0.4, 0.5) is 5.69 Å². The zero-order valence-corrected chi connectivity index (χ0v) is 15.6. The van der Waals surface area contributed by atoms with Crippen LogP contribution in [-0.4, -0.2) is 30.2 Å². The Hall–Kier alpha value is -2.86. The second kappa shape index (κ2) is 7.80. The number of hydrogen-bond acceptors (Lipinski definition) is 4. The molecule has 1 saturated carbocycles. The summed E-state index contributed by atoms with van der Waals surface area (Å²) in [6.07, 6.45) is 0.611. The number of benzene rings is 2. The number of aliphatic carboxylic acids is 1. The minimum atomic E-state index is -1.09. The highest BCUT2D eigenvalue weighted by Crippen LogP contribution is 2.40. The van der Waals surface area contributed by atoms with Gasteiger partial charge in [-0.3, -0.25) is 4.79 Å². The molecule has 0 spiro atoms. The molecule has 0 radical (unpaired) electrons. The number of anilines is 1. The first-order valence-corrected chi connectivity index (χ1v) is 8.84. The zero-order valence-electron chi connectivity index (χ0n) is 15.6. The van der Waals surface area contributed by atoms with Gasteiger partial charge in [-0.1, -0.05) is 18.2 Å². The zero-order chi connectivity index (χ0) is 19.6. The molecule has 0 bridgehead atoms. The van der Waals surface area contributed by atoms with Crippen LogP contribution in [0.2, 0.25) is 0 Å². The monoisotopic (exact) mass is 369 g/mol. The topological polar surface area (TPSA) is 84.9 Å². The molecule has 0 aliphatic heterocycles. The van der Waals surface area contributed by atoms with Gasteiger partial charge in [-0.05, 0) is 54.7 Å². The third kappa shape index (κ3) is 4.28. The molecule has 3 rings (SSSR count). The number of nitrogens with one attached hydrogen (secondary N) is 1. The fourth-order valence-corrected chi connectivity index (χ4v) is 3.06. The number of hydrogen-bond donors (Lipinski definition) is 2. The molecular formula is C21H23NO5. The minimum absolute atomic E-state index is 0.0290. The molecule has 2 N–H and O–H groups in total. The van der Waals surface area contributed by atoms with Crippen LogP contribution in [0.15, 0.2) is 36.4 Å². The molecule has 1 unspecified atom stereocenters. The van der Waals surface area contributed by atoms with E-state index in [1.54, 1.807) is 20.1 Å². The van der Waals surface area contributed by atoms with E-state index in [-0.39, 0.29) is 12.0 Å². The van der Waals surface area contributed by atoms with Gasteiger partial charge in [0.05, 0.1) is 13.2 Å². The van der Waals surface area contributed by atoms with Gasteiger partial charge in [-0.25, -0.2) is 4.79 Å². The molecule has 2 aromatic carbocycles. The number of carboxylic acids is 1. The summed E-state index contributed by atoms with van der Waals surface area (Å²) in [6.45, 7) is 3.23. The maximum atomic E-state index is 12.0. The van der Waals surface area contributed by atoms with Crippen molar-refractivity contribution in [2.45, 2.75) is 38.9 Å². The van der Waals surface area contributed by atoms with E-state index in [1.807, 2.05) is 30.3 Å². The van der Waals surface area contributed by atoms with Crippen molar-refractivity contribution in [3.8, 4) is 16.9 Å². The molecule has 1 amide bonds. The first-order valence-electron chi connectivity index (χ1n) is 8.84. The van der Waals surface area contributed by atoms with Gasteiger partial charge in [0.1, 0.15) is 5.75 Å². The SMILES string of the molecule is COc1ccc(-c2ccc(NC(C)=O)c(C)c2C(OC2CC2)C(=O)O)cc1. The third-order valence-corrected chi connectivity index (χ3v) is 4.57. The van der Waals surface area contributed by atoms with Crippen LogP contribution < -0.4 is 10.1 Å². The highest BCUT2D eigenvalue weighted by molar-refractivity contribution is 5.91. The Kier molecular flexibility index (Phi) is 5.46. The van der Waals surface area contributed by atoms with E-state index in [4.69, 9.17) is 9.47 Å². The summed E-state index contributed by atoms with van der Waals surface area (Å²) in [6, 6.07) is 11.0. The molecule has 1 aliphatic carbocycles. The fourth-order valence-electron chi connectivity index (χ4n) is 3.06. The molecule has 1 atom stereocenters. The van der Waals surface area contributed by atoms with Crippen LogP contribution in [-0.2, 0) is 14.3 Å². The molecule has 0 aromatic heterocycles. The lowest BCUT2D eigenvalue weighted by Gasteiger charge is -2.22. The lowest BCUT2D eigenvalue weighted by atomic mass is 9.91. The Morgan fingerprint density at radius 2 is 1.81 bits per heavy atom. The van der Waals surface area contributed by atoms with Crippen LogP contribution in [0.3, 0.4) is 0 Å². The van der Waals surface area contributed by atoms with Crippen LogP contribution in [0.1, 0.15) is 37.0 Å². The van der Waals surface area contributed by atoms with E-state index in [2.05, 4.69) is 5.32 Å². The van der Waals surface area contributed by atoms with Gasteiger partial charge in [0.25, 0.3) is 0 Å². The van der Waals surface area contributed by atoms with Gasteiger partial charge < -0.3 is 19.9 Å². The largest absolute Gasteiger partial charge is 0.497 e. The van der Waals surface area contributed by atoms with Gasteiger partial charge in [-0.15, -0.1) is 0 Å². The average molecular weight is 369 g/mol. The van der Waals surface area contributed by atoms with Gasteiger partial charge in [0, 0.05) is 18.2 Å². The summed E-state index contributed by atoms with van der Waals surface area (Å²) in [5.41, 5.74) is 3.45. The number of ether oxygens (including phenoxy) is 2. The maximum Gasteiger partial charge on any atom is 0.337 e. The van der Waals surface area contributed by atoms with Gasteiger partial charge in [0.15, 0.2) is 6.10 Å². The number of methoxy groups -OCH3 is 1. The van der Waals surface area contributed by atoms with Crippen molar-refractivity contribution in [1.82, 2.24) is 0 Å². The van der Waals surface area contributed by atoms with Crippen molar-refractivity contribution in [3.63, 3.8) is 0 Å². The van der Waals surface area contributed by atoms with Crippen LogP contribution >= 0.6 is 0 Å². The Morgan fingerprint density at radius 1 is 1.15 bits per heavy atom. The second-order valence-corrected chi connectivity index (χ2v) is 6.66. The first kappa shape index (κ1) is 18.9. The number of carboxylic acid groups (broad SMARTS) is 1. The van der Waals surface area contributed by atoms with Gasteiger partial charge in [-0.2, -0.15) is 0 Å². The normalized spacial score (nSPS) is 14.5. The van der Waals surface area contributed by atoms with Crippen molar-refractivity contribution in [2.24, 2.45) is 0 Å². The summed E-state index contributed by atoms with van der Waals surface area (Å²) < 4.78 is 11.0. The Bertz CT molecular complexity index is 856. The molecule has 0 heterocycles. The van der Waals surface area contributed by atoms with E-state index in [9.17, 15) is 14.7 Å². The lowest BCUT2D eigenvalue weighted by Crippen LogP contribution is -2.20. The molecule has 6 heteroatoms. The predicted molar refractivity (Wildman–Crippen MR) is 102 cm³/mol. The quantitative estimate of drug-likeness (QED) is 0.772. The Labute approximate surface area is 158 Å². The predicted octanol–water partition coefficient (Wildman–Crippen LogP) is 3.93. The smallest absolute Gasteiger partial charge is 0.337 e. The Balaban J connectivity index is 2.13. The highest BCUT2D eigenvalue weighted by Gasteiger charge is 2.34. The van der Waals surface area contributed by atoms with Crippen molar-refractivity contribution in [1.29, 1.82) is 0 Å². The number of carbonyl (C=O) groups excluding carboxylic acids is 1. The van der Waals surface area contributed by atoms with Crippen molar-refractivity contribution in [3.05, 3.63) is 47.5 Å². The summed E-state index contributed by atoms with van der Waals surface area (Å²) in [7, 11) is 1.59. The second-order valence-electron chi connectivity index (χ2n) is 6.66. The van der Waals surface area contributed by atoms with E-state index in [0.717, 1.165) is 29.7 Å². The van der Waals surface area contributed by atoms with Crippen LogP contribution in [0.25, 0.3) is 11.1 Å². The molecular weight excluding hydrogens is 346 g/mol. The number of rotatable bonds is 7. The lowest BCUT2D eigenvalue weighted by molar-refractivity contribution is -0.151. The fraction of sp³-hybridized carbons (Fsp3) is 0.333. The number of carbonyl (C=O) groups is 2. The van der Waals surface area contributed by atoms with Crippen LogP contribution in [0.5, 0.6) is 5.75 Å². The summed E-state index contributed by atoms with van der Waals surface area (Å²) in [5.74, 6) is -0.535. The number of amides is 1. The maximum absolute atomic E-state index is 12.0. The van der Waals surface area contributed by atoms with E-state index in [1.165, 1.54) is 6.92 Å². The third-order valence-electron chi connectivity index (χ3n) is 4.57. The summed E-state index contributed by atoms with van der Waals surface area (Å²) in [5, 5.41) is 12.6. The van der Waals surface area contributed by atoms with Crippen molar-refractivity contribution < 1.29 is 24.2 Å². The molecule has 2 aromatic rings. The standard InChI is InChI=1S/C21H23NO5/c1-12-18(22-13(2)23)11-10-17(14-4-6-15(26-3)7-5-14)19(12)20(21(24)25)27-16-8-9-16/h4-7,10-11,16,20H,8-9H2,1-3H3,(H,22,23)(H,24,25). The Morgan fingerprint density at radius 3 is 2.33 bits per heavy atom. The first-order chi connectivity index (χ1) is 12.9. The highest BCUT2D eigenvalue weighted by atomic mass is 16.5. The molecule has 142 valence electrons. The average Bonchev–Trinajstić information content (AvgIpc) is 3.45. The molecule has 6 nitrogen and oxygen atoms in total.